The number of anilines is 1. The molecule has 0 saturated carbocycles. The summed E-state index contributed by atoms with van der Waals surface area (Å²) >= 11 is 8.68. The van der Waals surface area contributed by atoms with Gasteiger partial charge in [0.2, 0.25) is 5.91 Å². The number of amides is 2. The Labute approximate surface area is 245 Å². The van der Waals surface area contributed by atoms with Crippen LogP contribution in [0.1, 0.15) is 77.0 Å². The van der Waals surface area contributed by atoms with Crippen molar-refractivity contribution in [2.75, 3.05) is 11.9 Å². The predicted octanol–water partition coefficient (Wildman–Crippen LogP) is 5.65. The molecule has 1 aromatic carbocycles. The molecule has 0 radical (unpaired) electrons. The molecular weight excluding hydrogens is 577 g/mol. The summed E-state index contributed by atoms with van der Waals surface area (Å²) in [4.78, 5) is 39.6. The fraction of sp³-hybridized carbons (Fsp3) is 0.444. The number of nitrogens with zero attached hydrogens (tertiary/aromatic N) is 3. The number of nitrogens with one attached hydrogen (secondary N) is 2. The lowest BCUT2D eigenvalue weighted by Crippen LogP contribution is -2.26. The second-order valence-electron chi connectivity index (χ2n) is 9.21. The number of hydrogen-bond donors (Lipinski definition) is 2. The Morgan fingerprint density at radius 2 is 2.02 bits per heavy atom. The van der Waals surface area contributed by atoms with E-state index in [9.17, 15) is 18.8 Å². The molecule has 4 rings (SSSR count). The van der Waals surface area contributed by atoms with Crippen molar-refractivity contribution in [1.82, 2.24) is 20.1 Å². The molecule has 40 heavy (non-hydrogen) atoms. The minimum Gasteiger partial charge on any atom is -0.462 e. The van der Waals surface area contributed by atoms with Gasteiger partial charge in [-0.3, -0.25) is 9.59 Å². The maximum atomic E-state index is 14.2. The molecule has 2 amide bonds. The van der Waals surface area contributed by atoms with E-state index in [1.165, 1.54) is 41.3 Å². The molecule has 2 aromatic heterocycles. The van der Waals surface area contributed by atoms with Gasteiger partial charge in [0.15, 0.2) is 11.0 Å². The van der Waals surface area contributed by atoms with E-state index >= 15 is 0 Å². The van der Waals surface area contributed by atoms with Gasteiger partial charge in [0.25, 0.3) is 5.91 Å². The summed E-state index contributed by atoms with van der Waals surface area (Å²) in [5, 5.41) is 14.6. The maximum absolute atomic E-state index is 14.2. The normalized spacial score (nSPS) is 13.1. The average molecular weight is 608 g/mol. The lowest BCUT2D eigenvalue weighted by molar-refractivity contribution is -0.115. The minimum absolute atomic E-state index is 0.00496. The van der Waals surface area contributed by atoms with E-state index in [2.05, 4.69) is 20.8 Å². The molecule has 2 heterocycles. The highest BCUT2D eigenvalue weighted by molar-refractivity contribution is 8.00. The van der Waals surface area contributed by atoms with Crippen molar-refractivity contribution >= 4 is 57.5 Å². The van der Waals surface area contributed by atoms with Crippen molar-refractivity contribution in [1.29, 1.82) is 0 Å². The largest absolute Gasteiger partial charge is 0.462 e. The van der Waals surface area contributed by atoms with Crippen LogP contribution in [0.2, 0.25) is 5.02 Å². The second kappa shape index (κ2) is 13.6. The number of esters is 1. The van der Waals surface area contributed by atoms with Gasteiger partial charge in [0.05, 0.1) is 34.6 Å². The fourth-order valence-electron chi connectivity index (χ4n) is 4.38. The van der Waals surface area contributed by atoms with Gasteiger partial charge in [0, 0.05) is 11.4 Å². The number of thioether (sulfide) groups is 1. The predicted molar refractivity (Wildman–Crippen MR) is 154 cm³/mol. The van der Waals surface area contributed by atoms with Crippen LogP contribution in [0.15, 0.2) is 23.4 Å². The van der Waals surface area contributed by atoms with E-state index in [1.54, 1.807) is 13.8 Å². The number of benzene rings is 1. The van der Waals surface area contributed by atoms with Crippen molar-refractivity contribution in [2.24, 2.45) is 0 Å². The minimum atomic E-state index is -0.712. The zero-order valence-corrected chi connectivity index (χ0v) is 24.9. The summed E-state index contributed by atoms with van der Waals surface area (Å²) in [6, 6.07) is 4.05. The zero-order valence-electron chi connectivity index (χ0n) is 22.5. The molecule has 1 atom stereocenters. The zero-order chi connectivity index (χ0) is 28.8. The highest BCUT2D eigenvalue weighted by Gasteiger charge is 2.30. The van der Waals surface area contributed by atoms with Gasteiger partial charge < -0.3 is 19.9 Å². The van der Waals surface area contributed by atoms with Crippen LogP contribution in [0.4, 0.5) is 9.39 Å². The Kier molecular flexibility index (Phi) is 10.2. The van der Waals surface area contributed by atoms with Crippen molar-refractivity contribution in [2.45, 2.75) is 76.4 Å². The molecule has 0 spiro atoms. The monoisotopic (exact) mass is 607 g/mol. The topological polar surface area (TPSA) is 115 Å². The third kappa shape index (κ3) is 6.67. The summed E-state index contributed by atoms with van der Waals surface area (Å²) in [6.45, 7) is 6.40. The van der Waals surface area contributed by atoms with Crippen LogP contribution in [0.3, 0.4) is 0 Å². The van der Waals surface area contributed by atoms with Crippen molar-refractivity contribution < 1.29 is 23.5 Å². The number of unbranched alkanes of at least 4 members (excludes halogenated alkanes) is 1. The number of rotatable bonds is 12. The number of aryl methyl sites for hydroxylation is 1. The van der Waals surface area contributed by atoms with Crippen molar-refractivity contribution in [3.05, 3.63) is 56.4 Å². The van der Waals surface area contributed by atoms with Gasteiger partial charge in [-0.2, -0.15) is 0 Å². The fourth-order valence-corrected chi connectivity index (χ4v) is 6.80. The van der Waals surface area contributed by atoms with Gasteiger partial charge in [-0.15, -0.1) is 21.5 Å². The van der Waals surface area contributed by atoms with Crippen LogP contribution < -0.4 is 10.6 Å². The first-order valence-corrected chi connectivity index (χ1v) is 15.3. The SMILES string of the molecule is CCCCn1c(CNC(=O)c2c(F)cccc2Cl)nnc1SC(C)C(=O)Nc1sc2c(c1C(=O)OCC)CCC2. The molecule has 3 aromatic rings. The molecule has 2 N–H and O–H groups in total. The first-order valence-electron chi connectivity index (χ1n) is 13.2. The van der Waals surface area contributed by atoms with E-state index in [0.717, 1.165) is 42.5 Å². The molecular formula is C27H31ClFN5O4S2. The average Bonchev–Trinajstić information content (AvgIpc) is 3.61. The molecule has 13 heteroatoms. The molecule has 0 aliphatic heterocycles. The number of ether oxygens (including phenoxy) is 1. The van der Waals surface area contributed by atoms with Crippen LogP contribution in [0.25, 0.3) is 0 Å². The van der Waals surface area contributed by atoms with Crippen molar-refractivity contribution in [3.8, 4) is 0 Å². The van der Waals surface area contributed by atoms with Gasteiger partial charge >= 0.3 is 5.97 Å². The van der Waals surface area contributed by atoms with Crippen LogP contribution in [0.5, 0.6) is 0 Å². The summed E-state index contributed by atoms with van der Waals surface area (Å²) in [7, 11) is 0. The van der Waals surface area contributed by atoms with E-state index < -0.39 is 22.9 Å². The molecule has 0 saturated heterocycles. The summed E-state index contributed by atoms with van der Waals surface area (Å²) in [5.41, 5.74) is 1.20. The summed E-state index contributed by atoms with van der Waals surface area (Å²) in [5.74, 6) is -1.58. The molecule has 0 bridgehead atoms. The maximum Gasteiger partial charge on any atom is 0.341 e. The standard InChI is InChI=1S/C27H31ClFN5O4S2/c1-4-6-13-34-20(14-30-24(36)22-17(28)10-8-11-18(22)29)32-33-27(34)39-15(3)23(35)31-25-21(26(37)38-5-2)16-9-7-12-19(16)40-25/h8,10-11,15H,4-7,9,12-14H2,1-3H3,(H,30,36)(H,31,35). The lowest BCUT2D eigenvalue weighted by atomic mass is 10.1. The number of carbonyl (C=O) groups is 3. The quantitative estimate of drug-likeness (QED) is 0.202. The van der Waals surface area contributed by atoms with Crippen LogP contribution >= 0.6 is 34.7 Å². The molecule has 214 valence electrons. The van der Waals surface area contributed by atoms with Crippen LogP contribution in [-0.2, 0) is 35.5 Å². The summed E-state index contributed by atoms with van der Waals surface area (Å²) in [6.07, 6.45) is 4.40. The molecule has 1 aliphatic carbocycles. The van der Waals surface area contributed by atoms with E-state index in [4.69, 9.17) is 16.3 Å². The third-order valence-electron chi connectivity index (χ3n) is 6.41. The lowest BCUT2D eigenvalue weighted by Gasteiger charge is -2.14. The van der Waals surface area contributed by atoms with Gasteiger partial charge in [-0.25, -0.2) is 9.18 Å². The van der Waals surface area contributed by atoms with E-state index in [-0.39, 0.29) is 29.6 Å². The molecule has 0 fully saturated rings. The molecule has 1 aliphatic rings. The first-order chi connectivity index (χ1) is 19.2. The highest BCUT2D eigenvalue weighted by atomic mass is 35.5. The smallest absolute Gasteiger partial charge is 0.341 e. The number of thiophene rings is 1. The Morgan fingerprint density at radius 3 is 2.75 bits per heavy atom. The van der Waals surface area contributed by atoms with E-state index in [1.807, 2.05) is 11.5 Å². The highest BCUT2D eigenvalue weighted by Crippen LogP contribution is 2.40. The van der Waals surface area contributed by atoms with Crippen molar-refractivity contribution in [3.63, 3.8) is 0 Å². The first kappa shape index (κ1) is 30.0. The molecule has 9 nitrogen and oxygen atoms in total. The van der Waals surface area contributed by atoms with E-state index in [0.29, 0.717) is 28.1 Å². The Bertz CT molecular complexity index is 1390. The number of hydrogen-bond acceptors (Lipinski definition) is 8. The third-order valence-corrected chi connectivity index (χ3v) is 9.02. The Balaban J connectivity index is 1.47. The Morgan fingerprint density at radius 1 is 1.23 bits per heavy atom. The summed E-state index contributed by atoms with van der Waals surface area (Å²) < 4.78 is 21.3. The van der Waals surface area contributed by atoms with Gasteiger partial charge in [-0.05, 0) is 57.2 Å². The second-order valence-corrected chi connectivity index (χ2v) is 12.0. The number of carbonyl (C=O) groups excluding carboxylic acids is 3. The van der Waals surface area contributed by atoms with Crippen LogP contribution in [-0.4, -0.2) is 44.4 Å². The Hall–Kier alpha value is -2.96. The molecule has 1 unspecified atom stereocenters. The van der Waals surface area contributed by atoms with Crippen LogP contribution in [0, 0.1) is 5.82 Å². The van der Waals surface area contributed by atoms with Gasteiger partial charge in [-0.1, -0.05) is 42.8 Å². The number of halogens is 2. The van der Waals surface area contributed by atoms with Gasteiger partial charge in [0.1, 0.15) is 10.8 Å². The number of aromatic nitrogens is 3. The number of fused-ring (bicyclic) bond motifs is 1.